The first-order chi connectivity index (χ1) is 13.9. The van der Waals surface area contributed by atoms with Crippen molar-refractivity contribution in [2.75, 3.05) is 0 Å². The third-order valence-corrected chi connectivity index (χ3v) is 4.36. The molecule has 0 unspecified atom stereocenters. The molecule has 0 aliphatic carbocycles. The molecule has 3 rings (SSSR count). The van der Waals surface area contributed by atoms with E-state index in [0.717, 1.165) is 11.8 Å². The molecule has 0 heterocycles. The minimum absolute atomic E-state index is 0.0384. The molecule has 8 heteroatoms. The van der Waals surface area contributed by atoms with Gasteiger partial charge in [-0.15, -0.1) is 0 Å². The summed E-state index contributed by atoms with van der Waals surface area (Å²) in [5, 5.41) is 10.3. The Bertz CT molecular complexity index is 1050. The topological polar surface area (TPSA) is 32.6 Å². The average Bonchev–Trinajstić information content (AvgIpc) is 2.68. The molecule has 0 atom stereocenters. The lowest BCUT2D eigenvalue weighted by atomic mass is 9.99. The predicted molar refractivity (Wildman–Crippen MR) is 102 cm³/mol. The lowest BCUT2D eigenvalue weighted by Gasteiger charge is -2.12. The Morgan fingerprint density at radius 2 is 1.33 bits per heavy atom. The van der Waals surface area contributed by atoms with Crippen LogP contribution in [-0.4, -0.2) is 11.3 Å². The standard InChI is InChI=1S/C22H15F6NO/c1-13-7-15(14-5-3-2-4-6-14)8-16(20(13)30)12-29-19-10-17(21(23,24)25)9-18(11-19)22(26,27)28/h2-12,30H,1H3. The van der Waals surface area contributed by atoms with E-state index in [9.17, 15) is 31.4 Å². The number of nitrogens with zero attached hydrogens (tertiary/aromatic N) is 1. The Labute approximate surface area is 168 Å². The molecule has 0 aromatic heterocycles. The second-order valence-corrected chi connectivity index (χ2v) is 6.62. The summed E-state index contributed by atoms with van der Waals surface area (Å²) in [5.41, 5.74) is -1.25. The highest BCUT2D eigenvalue weighted by Gasteiger charge is 2.36. The van der Waals surface area contributed by atoms with Crippen LogP contribution in [0, 0.1) is 6.92 Å². The molecule has 0 radical (unpaired) electrons. The van der Waals surface area contributed by atoms with E-state index >= 15 is 0 Å². The largest absolute Gasteiger partial charge is 0.507 e. The summed E-state index contributed by atoms with van der Waals surface area (Å²) in [6.45, 7) is 1.63. The second-order valence-electron chi connectivity index (χ2n) is 6.62. The van der Waals surface area contributed by atoms with E-state index in [1.807, 2.05) is 30.3 Å². The molecule has 0 amide bonds. The number of alkyl halides is 6. The van der Waals surface area contributed by atoms with Crippen LogP contribution in [-0.2, 0) is 12.4 Å². The van der Waals surface area contributed by atoms with Gasteiger partial charge in [-0.05, 0) is 53.9 Å². The summed E-state index contributed by atoms with van der Waals surface area (Å²) < 4.78 is 78.0. The zero-order valence-electron chi connectivity index (χ0n) is 15.5. The lowest BCUT2D eigenvalue weighted by Crippen LogP contribution is -2.10. The van der Waals surface area contributed by atoms with Crippen LogP contribution in [0.1, 0.15) is 22.3 Å². The normalized spacial score (nSPS) is 12.5. The van der Waals surface area contributed by atoms with Gasteiger partial charge in [0.25, 0.3) is 0 Å². The van der Waals surface area contributed by atoms with Crippen molar-refractivity contribution in [1.29, 1.82) is 0 Å². The van der Waals surface area contributed by atoms with Crippen LogP contribution in [0.2, 0.25) is 0 Å². The number of rotatable bonds is 3. The Morgan fingerprint density at radius 3 is 1.87 bits per heavy atom. The van der Waals surface area contributed by atoms with E-state index in [1.165, 1.54) is 0 Å². The fourth-order valence-electron chi connectivity index (χ4n) is 2.86. The van der Waals surface area contributed by atoms with Gasteiger partial charge in [0.05, 0.1) is 16.8 Å². The van der Waals surface area contributed by atoms with Crippen LogP contribution < -0.4 is 0 Å². The predicted octanol–water partition coefficient (Wildman–Crippen LogP) is 7.16. The molecule has 1 N–H and O–H groups in total. The zero-order chi connectivity index (χ0) is 22.1. The highest BCUT2D eigenvalue weighted by Crippen LogP contribution is 2.38. The van der Waals surface area contributed by atoms with Crippen LogP contribution in [0.3, 0.4) is 0 Å². The average molecular weight is 423 g/mol. The number of aliphatic imine (C=N–C) groups is 1. The van der Waals surface area contributed by atoms with Gasteiger partial charge in [0.1, 0.15) is 5.75 Å². The number of hydrogen-bond acceptors (Lipinski definition) is 2. The first-order valence-electron chi connectivity index (χ1n) is 8.68. The van der Waals surface area contributed by atoms with Gasteiger partial charge in [-0.25, -0.2) is 0 Å². The Hall–Kier alpha value is -3.29. The van der Waals surface area contributed by atoms with Crippen molar-refractivity contribution in [3.63, 3.8) is 0 Å². The van der Waals surface area contributed by atoms with Crippen LogP contribution in [0.5, 0.6) is 5.75 Å². The molecule has 0 bridgehead atoms. The molecule has 0 fully saturated rings. The zero-order valence-corrected chi connectivity index (χ0v) is 15.5. The van der Waals surface area contributed by atoms with Crippen molar-refractivity contribution in [1.82, 2.24) is 0 Å². The molecule has 3 aromatic rings. The van der Waals surface area contributed by atoms with Gasteiger partial charge < -0.3 is 5.11 Å². The Balaban J connectivity index is 2.06. The smallest absolute Gasteiger partial charge is 0.416 e. The molecule has 0 saturated heterocycles. The van der Waals surface area contributed by atoms with Crippen LogP contribution in [0.15, 0.2) is 65.7 Å². The summed E-state index contributed by atoms with van der Waals surface area (Å²) in [6.07, 6.45) is -8.88. The highest BCUT2D eigenvalue weighted by molar-refractivity contribution is 5.88. The maximum atomic E-state index is 13.0. The van der Waals surface area contributed by atoms with Gasteiger partial charge >= 0.3 is 12.4 Å². The molecule has 0 saturated carbocycles. The molecule has 3 aromatic carbocycles. The lowest BCUT2D eigenvalue weighted by molar-refractivity contribution is -0.143. The molecule has 0 aliphatic heterocycles. The third-order valence-electron chi connectivity index (χ3n) is 4.36. The van der Waals surface area contributed by atoms with E-state index < -0.39 is 29.2 Å². The van der Waals surface area contributed by atoms with Crippen molar-refractivity contribution >= 4 is 11.9 Å². The van der Waals surface area contributed by atoms with Crippen molar-refractivity contribution in [3.05, 3.63) is 82.9 Å². The van der Waals surface area contributed by atoms with E-state index in [0.29, 0.717) is 23.3 Å². The van der Waals surface area contributed by atoms with E-state index in [-0.39, 0.29) is 17.4 Å². The number of aromatic hydroxyl groups is 1. The maximum absolute atomic E-state index is 13.0. The van der Waals surface area contributed by atoms with Gasteiger partial charge in [-0.2, -0.15) is 26.3 Å². The third kappa shape index (κ3) is 4.82. The number of aryl methyl sites for hydroxylation is 1. The molecule has 30 heavy (non-hydrogen) atoms. The van der Waals surface area contributed by atoms with Crippen molar-refractivity contribution in [3.8, 4) is 16.9 Å². The summed E-state index contributed by atoms with van der Waals surface area (Å²) >= 11 is 0. The SMILES string of the molecule is Cc1cc(-c2ccccc2)cc(C=Nc2cc(C(F)(F)F)cc(C(F)(F)F)c2)c1O. The van der Waals surface area contributed by atoms with Crippen LogP contribution in [0.4, 0.5) is 32.0 Å². The van der Waals surface area contributed by atoms with Gasteiger partial charge in [-0.1, -0.05) is 30.3 Å². The quantitative estimate of drug-likeness (QED) is 0.352. The highest BCUT2D eigenvalue weighted by atomic mass is 19.4. The van der Waals surface area contributed by atoms with Crippen LogP contribution in [0.25, 0.3) is 11.1 Å². The number of phenols is 1. The van der Waals surface area contributed by atoms with Crippen LogP contribution >= 0.6 is 0 Å². The summed E-state index contributed by atoms with van der Waals surface area (Å²) in [4.78, 5) is 3.78. The minimum Gasteiger partial charge on any atom is -0.507 e. The van der Waals surface area contributed by atoms with E-state index in [2.05, 4.69) is 4.99 Å². The summed E-state index contributed by atoms with van der Waals surface area (Å²) in [5.74, 6) is -0.165. The fraction of sp³-hybridized carbons (Fsp3) is 0.136. The molecule has 0 spiro atoms. The Kier molecular flexibility index (Phi) is 5.61. The van der Waals surface area contributed by atoms with E-state index in [4.69, 9.17) is 0 Å². The monoisotopic (exact) mass is 423 g/mol. The van der Waals surface area contributed by atoms with Crippen molar-refractivity contribution in [2.24, 2.45) is 4.99 Å². The van der Waals surface area contributed by atoms with Gasteiger partial charge in [0.15, 0.2) is 0 Å². The van der Waals surface area contributed by atoms with Gasteiger partial charge in [-0.3, -0.25) is 4.99 Å². The van der Waals surface area contributed by atoms with Gasteiger partial charge in [0.2, 0.25) is 0 Å². The van der Waals surface area contributed by atoms with E-state index in [1.54, 1.807) is 19.1 Å². The number of halogens is 6. The fourth-order valence-corrected chi connectivity index (χ4v) is 2.86. The molecule has 0 aliphatic rings. The Morgan fingerprint density at radius 1 is 0.767 bits per heavy atom. The second kappa shape index (κ2) is 7.85. The summed E-state index contributed by atoms with van der Waals surface area (Å²) in [6, 6.07) is 13.5. The van der Waals surface area contributed by atoms with Gasteiger partial charge in [0, 0.05) is 11.8 Å². The maximum Gasteiger partial charge on any atom is 0.416 e. The van der Waals surface area contributed by atoms with Crippen molar-refractivity contribution < 1.29 is 31.4 Å². The molecular weight excluding hydrogens is 408 g/mol. The first kappa shape index (κ1) is 21.4. The minimum atomic E-state index is -4.96. The number of benzene rings is 3. The molecule has 2 nitrogen and oxygen atoms in total. The van der Waals surface area contributed by atoms with Crippen molar-refractivity contribution in [2.45, 2.75) is 19.3 Å². The summed E-state index contributed by atoms with van der Waals surface area (Å²) in [7, 11) is 0. The number of hydrogen-bond donors (Lipinski definition) is 1. The molecule has 156 valence electrons. The number of phenolic OH excluding ortho intramolecular Hbond substituents is 1. The first-order valence-corrected chi connectivity index (χ1v) is 8.68. The molecular formula is C22H15F6NO.